The zero-order chi connectivity index (χ0) is 20.3. The van der Waals surface area contributed by atoms with Gasteiger partial charge in [-0.15, -0.1) is 0 Å². The monoisotopic (exact) mass is 408 g/mol. The standard InChI is InChI=1S/C23H37ClN2O2/c1-4-17(25)16-5-6-18-22(16,3)11-9-19-21(2)10-8-15(28-20(24)27)13-14(21)7-12-23(18,19)26/h7,15-19H,4-6,8-13,25-26H2,1-3H3/t15-,16?,17-,18?,19?,21-,22+,23+/m0/s1. The highest BCUT2D eigenvalue weighted by molar-refractivity contribution is 6.61. The third-order valence-corrected chi connectivity index (χ3v) is 9.65. The Morgan fingerprint density at radius 2 is 2.00 bits per heavy atom. The van der Waals surface area contributed by atoms with Gasteiger partial charge in [0.2, 0.25) is 0 Å². The highest BCUT2D eigenvalue weighted by atomic mass is 35.5. The number of ether oxygens (including phenoxy) is 1. The largest absolute Gasteiger partial charge is 0.450 e. The van der Waals surface area contributed by atoms with Crippen molar-refractivity contribution in [3.8, 4) is 0 Å². The first-order chi connectivity index (χ1) is 13.1. The molecule has 4 aliphatic rings. The second-order valence-corrected chi connectivity index (χ2v) is 10.9. The molecule has 0 amide bonds. The van der Waals surface area contributed by atoms with Crippen LogP contribution in [0.3, 0.4) is 0 Å². The first-order valence-electron chi connectivity index (χ1n) is 11.2. The van der Waals surface area contributed by atoms with E-state index in [2.05, 4.69) is 26.8 Å². The topological polar surface area (TPSA) is 78.3 Å². The van der Waals surface area contributed by atoms with E-state index in [1.165, 1.54) is 31.3 Å². The van der Waals surface area contributed by atoms with Gasteiger partial charge in [-0.2, -0.15) is 0 Å². The quantitative estimate of drug-likeness (QED) is 0.501. The van der Waals surface area contributed by atoms with Crippen molar-refractivity contribution < 1.29 is 9.53 Å². The summed E-state index contributed by atoms with van der Waals surface area (Å²) in [5.41, 5.74) is 14.9. The molecule has 4 nitrogen and oxygen atoms in total. The summed E-state index contributed by atoms with van der Waals surface area (Å²) >= 11 is 5.47. The SMILES string of the molecule is CC[C@H](N)C1CCC2[C@]1(C)CCC1[C@@]2(N)CC=C2C[C@@H](OC(=O)Cl)CC[C@@]21C. The van der Waals surface area contributed by atoms with Crippen LogP contribution >= 0.6 is 11.6 Å². The molecule has 0 aromatic carbocycles. The fourth-order valence-corrected chi connectivity index (χ4v) is 8.23. The van der Waals surface area contributed by atoms with Gasteiger partial charge < -0.3 is 16.2 Å². The van der Waals surface area contributed by atoms with Crippen LogP contribution < -0.4 is 11.5 Å². The summed E-state index contributed by atoms with van der Waals surface area (Å²) in [6.07, 6.45) is 11.9. The van der Waals surface area contributed by atoms with Crippen LogP contribution in [0.5, 0.6) is 0 Å². The molecule has 4 aliphatic carbocycles. The Bertz CT molecular complexity index is 682. The van der Waals surface area contributed by atoms with Crippen molar-refractivity contribution in [2.45, 2.75) is 96.2 Å². The normalized spacial score (nSPS) is 48.7. The van der Waals surface area contributed by atoms with Gasteiger partial charge in [-0.05, 0) is 80.0 Å². The highest BCUT2D eigenvalue weighted by Crippen LogP contribution is 2.67. The van der Waals surface area contributed by atoms with Gasteiger partial charge in [0.15, 0.2) is 0 Å². The minimum atomic E-state index is -0.684. The minimum absolute atomic E-state index is 0.0816. The molecule has 0 bridgehead atoms. The van der Waals surface area contributed by atoms with Crippen molar-refractivity contribution in [2.24, 2.45) is 40.1 Å². The maximum Gasteiger partial charge on any atom is 0.404 e. The van der Waals surface area contributed by atoms with Crippen LogP contribution in [0.15, 0.2) is 11.6 Å². The molecule has 3 fully saturated rings. The van der Waals surface area contributed by atoms with Crippen LogP contribution in [0, 0.1) is 28.6 Å². The van der Waals surface area contributed by atoms with E-state index in [9.17, 15) is 4.79 Å². The van der Waals surface area contributed by atoms with Crippen LogP contribution in [0.25, 0.3) is 0 Å². The van der Waals surface area contributed by atoms with Gasteiger partial charge in [-0.3, -0.25) is 0 Å². The smallest absolute Gasteiger partial charge is 0.404 e. The van der Waals surface area contributed by atoms with E-state index in [1.807, 2.05) is 0 Å². The van der Waals surface area contributed by atoms with Gasteiger partial charge >= 0.3 is 5.43 Å². The molecule has 3 unspecified atom stereocenters. The molecule has 8 atom stereocenters. The predicted octanol–water partition coefficient (Wildman–Crippen LogP) is 5.13. The average Bonchev–Trinajstić information content (AvgIpc) is 2.99. The Labute approximate surface area is 174 Å². The van der Waals surface area contributed by atoms with Crippen LogP contribution in [-0.4, -0.2) is 23.1 Å². The van der Waals surface area contributed by atoms with Gasteiger partial charge in [-0.1, -0.05) is 32.4 Å². The second-order valence-electron chi connectivity index (χ2n) is 10.6. The fourth-order valence-electron chi connectivity index (χ4n) is 8.11. The van der Waals surface area contributed by atoms with Crippen LogP contribution in [0.4, 0.5) is 4.79 Å². The molecule has 0 spiro atoms. The number of carbonyl (C=O) groups is 1. The van der Waals surface area contributed by atoms with E-state index in [-0.39, 0.29) is 22.5 Å². The third kappa shape index (κ3) is 2.89. The van der Waals surface area contributed by atoms with Gasteiger partial charge in [0.25, 0.3) is 0 Å². The molecule has 4 rings (SSSR count). The zero-order valence-electron chi connectivity index (χ0n) is 17.7. The van der Waals surface area contributed by atoms with Crippen molar-refractivity contribution in [1.82, 2.24) is 0 Å². The van der Waals surface area contributed by atoms with Crippen molar-refractivity contribution in [3.63, 3.8) is 0 Å². The summed E-state index contributed by atoms with van der Waals surface area (Å²) in [5, 5.41) is 0. The summed E-state index contributed by atoms with van der Waals surface area (Å²) in [5.74, 6) is 1.65. The average molecular weight is 409 g/mol. The number of hydrogen-bond donors (Lipinski definition) is 2. The summed E-state index contributed by atoms with van der Waals surface area (Å²) in [6, 6.07) is 0.293. The van der Waals surface area contributed by atoms with E-state index < -0.39 is 5.43 Å². The third-order valence-electron chi connectivity index (χ3n) is 9.56. The number of nitrogens with two attached hydrogens (primary N) is 2. The van der Waals surface area contributed by atoms with Crippen LogP contribution in [0.2, 0.25) is 0 Å². The first-order valence-corrected chi connectivity index (χ1v) is 11.6. The maximum atomic E-state index is 11.2. The molecule has 0 aromatic rings. The van der Waals surface area contributed by atoms with Gasteiger partial charge in [0.1, 0.15) is 6.10 Å². The van der Waals surface area contributed by atoms with Gasteiger partial charge in [0, 0.05) is 29.6 Å². The molecule has 4 N–H and O–H groups in total. The number of carbonyl (C=O) groups excluding carboxylic acids is 1. The van der Waals surface area contributed by atoms with E-state index in [1.54, 1.807) is 0 Å². The number of hydrogen-bond acceptors (Lipinski definition) is 4. The molecule has 28 heavy (non-hydrogen) atoms. The zero-order valence-corrected chi connectivity index (χ0v) is 18.4. The number of fused-ring (bicyclic) bond motifs is 5. The van der Waals surface area contributed by atoms with Crippen molar-refractivity contribution >= 4 is 17.0 Å². The van der Waals surface area contributed by atoms with Crippen molar-refractivity contribution in [3.05, 3.63) is 11.6 Å². The molecule has 0 saturated heterocycles. The summed E-state index contributed by atoms with van der Waals surface area (Å²) in [7, 11) is 0. The molecule has 0 heterocycles. The predicted molar refractivity (Wildman–Crippen MR) is 113 cm³/mol. The Balaban J connectivity index is 1.63. The molecule has 0 aliphatic heterocycles. The number of halogens is 1. The lowest BCUT2D eigenvalue weighted by molar-refractivity contribution is -0.0700. The summed E-state index contributed by atoms with van der Waals surface area (Å²) < 4.78 is 5.33. The second kappa shape index (κ2) is 6.99. The van der Waals surface area contributed by atoms with Crippen molar-refractivity contribution in [2.75, 3.05) is 0 Å². The lowest BCUT2D eigenvalue weighted by Gasteiger charge is -2.63. The molecule has 0 radical (unpaired) electrons. The van der Waals surface area contributed by atoms with E-state index in [0.29, 0.717) is 23.8 Å². The van der Waals surface area contributed by atoms with E-state index in [4.69, 9.17) is 27.8 Å². The summed E-state index contributed by atoms with van der Waals surface area (Å²) in [6.45, 7) is 7.11. The fraction of sp³-hybridized carbons (Fsp3) is 0.870. The van der Waals surface area contributed by atoms with Crippen LogP contribution in [0.1, 0.15) is 78.6 Å². The maximum absolute atomic E-state index is 11.2. The van der Waals surface area contributed by atoms with Gasteiger partial charge in [-0.25, -0.2) is 4.79 Å². The lowest BCUT2D eigenvalue weighted by atomic mass is 9.44. The van der Waals surface area contributed by atoms with Gasteiger partial charge in [0.05, 0.1) is 0 Å². The molecular formula is C23H37ClN2O2. The lowest BCUT2D eigenvalue weighted by Crippen LogP contribution is -2.66. The Kier molecular flexibility index (Phi) is 5.16. The molecule has 3 saturated carbocycles. The summed E-state index contributed by atoms with van der Waals surface area (Å²) in [4.78, 5) is 11.2. The molecule has 0 aromatic heterocycles. The van der Waals surface area contributed by atoms with E-state index >= 15 is 0 Å². The molecular weight excluding hydrogens is 372 g/mol. The Hall–Kier alpha value is -0.580. The first kappa shape index (κ1) is 20.7. The number of rotatable bonds is 3. The Morgan fingerprint density at radius 3 is 2.68 bits per heavy atom. The van der Waals surface area contributed by atoms with Crippen molar-refractivity contribution in [1.29, 1.82) is 0 Å². The van der Waals surface area contributed by atoms with Crippen LogP contribution in [-0.2, 0) is 4.74 Å². The Morgan fingerprint density at radius 1 is 1.25 bits per heavy atom. The highest BCUT2D eigenvalue weighted by Gasteiger charge is 2.64. The molecule has 5 heteroatoms. The van der Waals surface area contributed by atoms with E-state index in [0.717, 1.165) is 32.1 Å². The minimum Gasteiger partial charge on any atom is -0.450 e. The molecule has 158 valence electrons.